The van der Waals surface area contributed by atoms with Crippen molar-refractivity contribution in [2.24, 2.45) is 7.05 Å². The number of nitrogens with one attached hydrogen (secondary N) is 1. The highest BCUT2D eigenvalue weighted by Gasteiger charge is 2.26. The molecule has 3 rings (SSSR count). The number of aryl methyl sites for hydroxylation is 2. The predicted octanol–water partition coefficient (Wildman–Crippen LogP) is 2.52. The second-order valence-corrected chi connectivity index (χ2v) is 5.97. The molecule has 1 aromatic carbocycles. The molecular weight excluding hydrogens is 297 g/mol. The second kappa shape index (κ2) is 6.50. The Morgan fingerprint density at radius 2 is 2.30 bits per heavy atom. The van der Waals surface area contributed by atoms with Crippen LogP contribution in [0, 0.1) is 12.7 Å². The van der Waals surface area contributed by atoms with E-state index in [1.54, 1.807) is 29.9 Å². The number of aromatic nitrogens is 2. The molecule has 2 atom stereocenters. The van der Waals surface area contributed by atoms with Gasteiger partial charge in [0.1, 0.15) is 5.82 Å². The van der Waals surface area contributed by atoms with Gasteiger partial charge in [-0.15, -0.1) is 0 Å². The standard InChI is InChI=1S/C17H20FN3O2/c1-11-3-4-12(7-15(11)18)17(22)20-14-5-6-23-16(8-14)13-9-19-21(2)10-13/h3-4,7,9-10,14,16H,5-6,8H2,1-2H3,(H,20,22)/t14-,16+/m1/s1. The molecule has 6 heteroatoms. The SMILES string of the molecule is Cc1ccc(C(=O)N[C@@H]2CCO[C@H](c3cnn(C)c3)C2)cc1F. The number of nitrogens with zero attached hydrogens (tertiary/aromatic N) is 2. The van der Waals surface area contributed by atoms with Gasteiger partial charge in [0.15, 0.2) is 0 Å². The minimum Gasteiger partial charge on any atom is -0.373 e. The van der Waals surface area contributed by atoms with Gasteiger partial charge in [0.05, 0.1) is 12.3 Å². The van der Waals surface area contributed by atoms with Crippen molar-refractivity contribution in [1.29, 1.82) is 0 Å². The molecule has 0 aliphatic carbocycles. The highest BCUT2D eigenvalue weighted by atomic mass is 19.1. The first kappa shape index (κ1) is 15.7. The maximum absolute atomic E-state index is 13.6. The summed E-state index contributed by atoms with van der Waals surface area (Å²) in [7, 11) is 1.86. The lowest BCUT2D eigenvalue weighted by molar-refractivity contribution is 0.000864. The van der Waals surface area contributed by atoms with Crippen molar-refractivity contribution in [2.75, 3.05) is 6.61 Å². The van der Waals surface area contributed by atoms with Crippen molar-refractivity contribution in [3.05, 3.63) is 53.1 Å². The lowest BCUT2D eigenvalue weighted by atomic mass is 9.99. The Bertz CT molecular complexity index is 714. The largest absolute Gasteiger partial charge is 0.373 e. The maximum Gasteiger partial charge on any atom is 0.251 e. The molecule has 1 aliphatic heterocycles. The van der Waals surface area contributed by atoms with Gasteiger partial charge in [-0.3, -0.25) is 9.48 Å². The third-order valence-corrected chi connectivity index (χ3v) is 4.15. The van der Waals surface area contributed by atoms with Crippen LogP contribution in [0.2, 0.25) is 0 Å². The highest BCUT2D eigenvalue weighted by Crippen LogP contribution is 2.27. The third-order valence-electron chi connectivity index (χ3n) is 4.15. The van der Waals surface area contributed by atoms with Crippen LogP contribution < -0.4 is 5.32 Å². The lowest BCUT2D eigenvalue weighted by Crippen LogP contribution is -2.39. The molecule has 1 amide bonds. The first-order chi connectivity index (χ1) is 11.0. The Kier molecular flexibility index (Phi) is 4.43. The van der Waals surface area contributed by atoms with Crippen molar-refractivity contribution in [3.8, 4) is 0 Å². The molecule has 0 saturated carbocycles. The molecule has 1 fully saturated rings. The van der Waals surface area contributed by atoms with E-state index < -0.39 is 0 Å². The van der Waals surface area contributed by atoms with Crippen molar-refractivity contribution in [3.63, 3.8) is 0 Å². The van der Waals surface area contributed by atoms with Gasteiger partial charge >= 0.3 is 0 Å². The molecule has 0 spiro atoms. The fourth-order valence-corrected chi connectivity index (χ4v) is 2.77. The quantitative estimate of drug-likeness (QED) is 0.946. The summed E-state index contributed by atoms with van der Waals surface area (Å²) in [4.78, 5) is 12.3. The summed E-state index contributed by atoms with van der Waals surface area (Å²) in [6.45, 7) is 2.25. The summed E-state index contributed by atoms with van der Waals surface area (Å²) in [6.07, 6.45) is 5.06. The number of hydrogen-bond donors (Lipinski definition) is 1. The topological polar surface area (TPSA) is 56.1 Å². The van der Waals surface area contributed by atoms with Gasteiger partial charge in [-0.2, -0.15) is 5.10 Å². The normalized spacial score (nSPS) is 21.2. The highest BCUT2D eigenvalue weighted by molar-refractivity contribution is 5.94. The zero-order chi connectivity index (χ0) is 16.4. The van der Waals surface area contributed by atoms with Crippen LogP contribution in [0.15, 0.2) is 30.6 Å². The molecular formula is C17H20FN3O2. The van der Waals surface area contributed by atoms with Crippen LogP contribution in [-0.2, 0) is 11.8 Å². The molecule has 0 unspecified atom stereocenters. The van der Waals surface area contributed by atoms with Gasteiger partial charge in [0, 0.05) is 37.0 Å². The molecule has 0 bridgehead atoms. The smallest absolute Gasteiger partial charge is 0.251 e. The van der Waals surface area contributed by atoms with E-state index >= 15 is 0 Å². The molecule has 122 valence electrons. The van der Waals surface area contributed by atoms with E-state index in [1.165, 1.54) is 6.07 Å². The summed E-state index contributed by atoms with van der Waals surface area (Å²) in [5.74, 6) is -0.612. The first-order valence-electron chi connectivity index (χ1n) is 7.70. The predicted molar refractivity (Wildman–Crippen MR) is 83.5 cm³/mol. The Hall–Kier alpha value is -2.21. The fraction of sp³-hybridized carbons (Fsp3) is 0.412. The number of carbonyl (C=O) groups is 1. The van der Waals surface area contributed by atoms with Crippen LogP contribution in [-0.4, -0.2) is 28.3 Å². The molecule has 1 N–H and O–H groups in total. The van der Waals surface area contributed by atoms with Crippen molar-refractivity contribution < 1.29 is 13.9 Å². The molecule has 1 aromatic heterocycles. The van der Waals surface area contributed by atoms with Crippen molar-refractivity contribution in [1.82, 2.24) is 15.1 Å². The minimum atomic E-state index is -0.363. The Morgan fingerprint density at radius 3 is 3.00 bits per heavy atom. The summed E-state index contributed by atoms with van der Waals surface area (Å²) in [5, 5.41) is 7.13. The molecule has 23 heavy (non-hydrogen) atoms. The zero-order valence-electron chi connectivity index (χ0n) is 13.3. The maximum atomic E-state index is 13.6. The zero-order valence-corrected chi connectivity index (χ0v) is 13.3. The third kappa shape index (κ3) is 3.59. The lowest BCUT2D eigenvalue weighted by Gasteiger charge is -2.29. The summed E-state index contributed by atoms with van der Waals surface area (Å²) >= 11 is 0. The van der Waals surface area contributed by atoms with Crippen LogP contribution in [0.25, 0.3) is 0 Å². The Balaban J connectivity index is 1.65. The Morgan fingerprint density at radius 1 is 1.48 bits per heavy atom. The van der Waals surface area contributed by atoms with E-state index in [0.717, 1.165) is 12.0 Å². The van der Waals surface area contributed by atoms with Crippen LogP contribution in [0.3, 0.4) is 0 Å². The number of amides is 1. The first-order valence-corrected chi connectivity index (χ1v) is 7.70. The van der Waals surface area contributed by atoms with E-state index in [-0.39, 0.29) is 23.9 Å². The molecule has 0 radical (unpaired) electrons. The minimum absolute atomic E-state index is 0.00539. The molecule has 2 heterocycles. The van der Waals surface area contributed by atoms with Gasteiger partial charge in [-0.25, -0.2) is 4.39 Å². The van der Waals surface area contributed by atoms with Crippen molar-refractivity contribution in [2.45, 2.75) is 31.9 Å². The summed E-state index contributed by atoms with van der Waals surface area (Å²) in [6, 6.07) is 4.55. The van der Waals surface area contributed by atoms with Gasteiger partial charge in [0.25, 0.3) is 5.91 Å². The Labute approximate surface area is 134 Å². The molecule has 1 aliphatic rings. The van der Waals surface area contributed by atoms with E-state index in [4.69, 9.17) is 4.74 Å². The van der Waals surface area contributed by atoms with Crippen LogP contribution in [0.1, 0.15) is 40.4 Å². The van der Waals surface area contributed by atoms with Gasteiger partial charge in [0.2, 0.25) is 0 Å². The fourth-order valence-electron chi connectivity index (χ4n) is 2.77. The average molecular weight is 317 g/mol. The van der Waals surface area contributed by atoms with E-state index in [1.807, 2.05) is 13.2 Å². The number of halogens is 1. The van der Waals surface area contributed by atoms with E-state index in [2.05, 4.69) is 10.4 Å². The van der Waals surface area contributed by atoms with Gasteiger partial charge < -0.3 is 10.1 Å². The molecule has 1 saturated heterocycles. The van der Waals surface area contributed by atoms with Crippen LogP contribution >= 0.6 is 0 Å². The number of hydrogen-bond acceptors (Lipinski definition) is 3. The van der Waals surface area contributed by atoms with E-state index in [0.29, 0.717) is 24.2 Å². The monoisotopic (exact) mass is 317 g/mol. The summed E-state index contributed by atoms with van der Waals surface area (Å²) in [5.41, 5.74) is 1.88. The number of benzene rings is 1. The molecule has 2 aromatic rings. The van der Waals surface area contributed by atoms with E-state index in [9.17, 15) is 9.18 Å². The number of carbonyl (C=O) groups excluding carboxylic acids is 1. The van der Waals surface area contributed by atoms with Crippen LogP contribution in [0.4, 0.5) is 4.39 Å². The van der Waals surface area contributed by atoms with Gasteiger partial charge in [-0.05, 0) is 37.5 Å². The second-order valence-electron chi connectivity index (χ2n) is 5.97. The average Bonchev–Trinajstić information content (AvgIpc) is 2.97. The number of rotatable bonds is 3. The van der Waals surface area contributed by atoms with Crippen molar-refractivity contribution >= 4 is 5.91 Å². The van der Waals surface area contributed by atoms with Crippen LogP contribution in [0.5, 0.6) is 0 Å². The van der Waals surface area contributed by atoms with Gasteiger partial charge in [-0.1, -0.05) is 6.07 Å². The molecule has 5 nitrogen and oxygen atoms in total. The summed E-state index contributed by atoms with van der Waals surface area (Å²) < 4.78 is 21.1. The number of ether oxygens (including phenoxy) is 1.